The molecule has 0 atom stereocenters. The zero-order valence-electron chi connectivity index (χ0n) is 14.1. The van der Waals surface area contributed by atoms with E-state index < -0.39 is 20.7 Å². The van der Waals surface area contributed by atoms with Crippen LogP contribution in [0.25, 0.3) is 0 Å². The number of sulfonamides is 1. The molecule has 0 spiro atoms. The second-order valence-corrected chi connectivity index (χ2v) is 8.66. The molecule has 3 aromatic rings. The molecular weight excluding hydrogens is 387 g/mol. The van der Waals surface area contributed by atoms with E-state index in [9.17, 15) is 17.6 Å². The van der Waals surface area contributed by atoms with E-state index in [1.54, 1.807) is 29.2 Å². The highest BCUT2D eigenvalue weighted by Gasteiger charge is 2.27. The lowest BCUT2D eigenvalue weighted by molar-refractivity contribution is 0.0993. The summed E-state index contributed by atoms with van der Waals surface area (Å²) < 4.78 is 41.2. The van der Waals surface area contributed by atoms with Gasteiger partial charge < -0.3 is 4.90 Å². The number of benzene rings is 2. The Kier molecular flexibility index (Phi) is 4.45. The Morgan fingerprint density at radius 3 is 2.67 bits per heavy atom. The van der Waals surface area contributed by atoms with Crippen LogP contribution in [0.1, 0.15) is 15.2 Å². The molecule has 1 amide bonds. The Labute approximate surface area is 160 Å². The fourth-order valence-electron chi connectivity index (χ4n) is 3.06. The lowest BCUT2D eigenvalue weighted by Crippen LogP contribution is -2.28. The highest BCUT2D eigenvalue weighted by Crippen LogP contribution is 2.33. The minimum absolute atomic E-state index is 0.113. The average Bonchev–Trinajstić information content (AvgIpc) is 3.31. The molecule has 0 radical (unpaired) electrons. The molecule has 138 valence electrons. The lowest BCUT2D eigenvalue weighted by atomic mass is 10.1. The van der Waals surface area contributed by atoms with Gasteiger partial charge in [0, 0.05) is 12.2 Å². The van der Waals surface area contributed by atoms with Gasteiger partial charge in [0.1, 0.15) is 10.7 Å². The average molecular weight is 402 g/mol. The van der Waals surface area contributed by atoms with Crippen molar-refractivity contribution < 1.29 is 17.6 Å². The van der Waals surface area contributed by atoms with Crippen LogP contribution in [0, 0.1) is 5.82 Å². The van der Waals surface area contributed by atoms with Gasteiger partial charge in [0.15, 0.2) is 0 Å². The van der Waals surface area contributed by atoms with Gasteiger partial charge in [0.25, 0.3) is 15.9 Å². The third-order valence-corrected chi connectivity index (χ3v) is 6.61. The van der Waals surface area contributed by atoms with Crippen molar-refractivity contribution in [1.82, 2.24) is 0 Å². The summed E-state index contributed by atoms with van der Waals surface area (Å²) in [6, 6.07) is 13.8. The normalized spacial score (nSPS) is 13.4. The van der Waals surface area contributed by atoms with Gasteiger partial charge in [-0.2, -0.15) is 0 Å². The molecule has 1 aliphatic heterocycles. The molecule has 1 N–H and O–H groups in total. The van der Waals surface area contributed by atoms with Crippen molar-refractivity contribution in [2.75, 3.05) is 16.2 Å². The van der Waals surface area contributed by atoms with Crippen molar-refractivity contribution in [2.24, 2.45) is 0 Å². The molecule has 0 saturated carbocycles. The van der Waals surface area contributed by atoms with Crippen LogP contribution in [0.15, 0.2) is 64.9 Å². The Hall–Kier alpha value is -2.71. The number of thiophene rings is 1. The topological polar surface area (TPSA) is 66.5 Å². The van der Waals surface area contributed by atoms with Gasteiger partial charge in [-0.15, -0.1) is 11.3 Å². The first-order valence-corrected chi connectivity index (χ1v) is 10.6. The van der Waals surface area contributed by atoms with Gasteiger partial charge in [-0.05, 0) is 47.7 Å². The van der Waals surface area contributed by atoms with Crippen LogP contribution in [-0.4, -0.2) is 20.9 Å². The molecule has 0 unspecified atom stereocenters. The van der Waals surface area contributed by atoms with Crippen molar-refractivity contribution in [3.05, 3.63) is 76.2 Å². The monoisotopic (exact) mass is 402 g/mol. The summed E-state index contributed by atoms with van der Waals surface area (Å²) in [4.78, 5) is 14.5. The highest BCUT2D eigenvalue weighted by atomic mass is 32.2. The Bertz CT molecular complexity index is 1110. The number of anilines is 2. The molecule has 1 aromatic heterocycles. The summed E-state index contributed by atoms with van der Waals surface area (Å²) in [5.74, 6) is -0.932. The molecular formula is C19H15FN2O3S2. The van der Waals surface area contributed by atoms with Crippen LogP contribution >= 0.6 is 11.3 Å². The number of fused-ring (bicyclic) bond motifs is 1. The zero-order valence-corrected chi connectivity index (χ0v) is 15.7. The maximum absolute atomic E-state index is 13.9. The molecule has 1 aliphatic rings. The van der Waals surface area contributed by atoms with Crippen LogP contribution in [0.2, 0.25) is 0 Å². The molecule has 0 fully saturated rings. The Balaban J connectivity index is 1.65. The van der Waals surface area contributed by atoms with E-state index in [-0.39, 0.29) is 11.6 Å². The SMILES string of the molecule is O=C(c1cccs1)N1CCc2ccc(NS(=O)(=O)c3ccccc3F)cc21. The number of hydrogen-bond donors (Lipinski definition) is 1. The van der Waals surface area contributed by atoms with E-state index >= 15 is 0 Å². The van der Waals surface area contributed by atoms with E-state index in [0.717, 1.165) is 11.6 Å². The van der Waals surface area contributed by atoms with Gasteiger partial charge in [-0.3, -0.25) is 9.52 Å². The third kappa shape index (κ3) is 3.33. The first-order valence-electron chi connectivity index (χ1n) is 8.21. The third-order valence-electron chi connectivity index (χ3n) is 4.34. The molecule has 2 aromatic carbocycles. The van der Waals surface area contributed by atoms with Crippen LogP contribution in [0.3, 0.4) is 0 Å². The highest BCUT2D eigenvalue weighted by molar-refractivity contribution is 7.92. The minimum Gasteiger partial charge on any atom is -0.307 e. The molecule has 2 heterocycles. The molecule has 5 nitrogen and oxygen atoms in total. The summed E-state index contributed by atoms with van der Waals surface area (Å²) in [6.07, 6.45) is 0.701. The van der Waals surface area contributed by atoms with Gasteiger partial charge in [-0.25, -0.2) is 12.8 Å². The van der Waals surface area contributed by atoms with Crippen LogP contribution in [0.5, 0.6) is 0 Å². The van der Waals surface area contributed by atoms with Crippen molar-refractivity contribution in [2.45, 2.75) is 11.3 Å². The standard InChI is InChI=1S/C19H15FN2O3S2/c20-15-4-1-2-6-18(15)27(24,25)21-14-8-7-13-9-10-22(16(13)12-14)19(23)17-5-3-11-26-17/h1-8,11-12,21H,9-10H2. The van der Waals surface area contributed by atoms with Gasteiger partial charge >= 0.3 is 0 Å². The van der Waals surface area contributed by atoms with Crippen molar-refractivity contribution in [1.29, 1.82) is 0 Å². The number of hydrogen-bond acceptors (Lipinski definition) is 4. The molecule has 4 rings (SSSR count). The minimum atomic E-state index is -4.07. The molecule has 0 saturated heterocycles. The van der Waals surface area contributed by atoms with Crippen molar-refractivity contribution in [3.8, 4) is 0 Å². The Morgan fingerprint density at radius 2 is 1.93 bits per heavy atom. The summed E-state index contributed by atoms with van der Waals surface area (Å²) in [6.45, 7) is 0.537. The maximum Gasteiger partial charge on any atom is 0.268 e. The molecule has 27 heavy (non-hydrogen) atoms. The number of amides is 1. The van der Waals surface area contributed by atoms with Gasteiger partial charge in [-0.1, -0.05) is 24.3 Å². The Morgan fingerprint density at radius 1 is 1.11 bits per heavy atom. The van der Waals surface area contributed by atoms with E-state index in [1.807, 2.05) is 11.4 Å². The number of halogens is 1. The predicted molar refractivity (Wildman–Crippen MR) is 103 cm³/mol. The molecule has 0 bridgehead atoms. The smallest absolute Gasteiger partial charge is 0.268 e. The fourth-order valence-corrected chi connectivity index (χ4v) is 4.86. The summed E-state index contributed by atoms with van der Waals surface area (Å²) in [5.41, 5.74) is 1.92. The summed E-state index contributed by atoms with van der Waals surface area (Å²) >= 11 is 1.36. The van der Waals surface area contributed by atoms with Crippen LogP contribution in [0.4, 0.5) is 15.8 Å². The van der Waals surface area contributed by atoms with E-state index in [4.69, 9.17) is 0 Å². The number of rotatable bonds is 4. The van der Waals surface area contributed by atoms with Gasteiger partial charge in [0.05, 0.1) is 10.6 Å². The number of carbonyl (C=O) groups is 1. The summed E-state index contributed by atoms with van der Waals surface area (Å²) in [5, 5.41) is 1.84. The van der Waals surface area contributed by atoms with Crippen molar-refractivity contribution in [3.63, 3.8) is 0 Å². The number of nitrogens with zero attached hydrogens (tertiary/aromatic N) is 1. The van der Waals surface area contributed by atoms with E-state index in [1.165, 1.54) is 29.5 Å². The van der Waals surface area contributed by atoms with Gasteiger partial charge in [0.2, 0.25) is 0 Å². The predicted octanol–water partition coefficient (Wildman–Crippen LogP) is 3.89. The first-order chi connectivity index (χ1) is 13.0. The van der Waals surface area contributed by atoms with Crippen LogP contribution < -0.4 is 9.62 Å². The quantitative estimate of drug-likeness (QED) is 0.720. The van der Waals surface area contributed by atoms with E-state index in [2.05, 4.69) is 4.72 Å². The molecule has 0 aliphatic carbocycles. The molecule has 8 heteroatoms. The maximum atomic E-state index is 13.9. The van der Waals surface area contributed by atoms with Crippen molar-refractivity contribution >= 4 is 38.6 Å². The largest absolute Gasteiger partial charge is 0.307 e. The lowest BCUT2D eigenvalue weighted by Gasteiger charge is -2.17. The first kappa shape index (κ1) is 17.7. The second kappa shape index (κ2) is 6.79. The summed E-state index contributed by atoms with van der Waals surface area (Å²) in [7, 11) is -4.07. The number of nitrogens with one attached hydrogen (secondary N) is 1. The number of carbonyl (C=O) groups excluding carboxylic acids is 1. The zero-order chi connectivity index (χ0) is 19.0. The second-order valence-electron chi connectivity index (χ2n) is 6.06. The fraction of sp³-hybridized carbons (Fsp3) is 0.105. The van der Waals surface area contributed by atoms with E-state index in [0.29, 0.717) is 23.5 Å². The van der Waals surface area contributed by atoms with Crippen LogP contribution in [-0.2, 0) is 16.4 Å².